The van der Waals surface area contributed by atoms with Crippen molar-refractivity contribution in [3.8, 4) is 5.75 Å². The highest BCUT2D eigenvalue weighted by Gasteiger charge is 2.38. The summed E-state index contributed by atoms with van der Waals surface area (Å²) < 4.78 is 5.45. The van der Waals surface area contributed by atoms with E-state index in [1.54, 1.807) is 12.1 Å². The monoisotopic (exact) mass is 431 g/mol. The number of fused-ring (bicyclic) bond motifs is 1. The van der Waals surface area contributed by atoms with E-state index in [0.29, 0.717) is 36.4 Å². The number of hydrogen-bond donors (Lipinski definition) is 5. The van der Waals surface area contributed by atoms with E-state index in [0.717, 1.165) is 38.8 Å². The van der Waals surface area contributed by atoms with Crippen molar-refractivity contribution < 1.29 is 24.4 Å². The van der Waals surface area contributed by atoms with Crippen molar-refractivity contribution in [3.63, 3.8) is 0 Å². The Labute approximate surface area is 184 Å². The molecule has 31 heavy (non-hydrogen) atoms. The average molecular weight is 431 g/mol. The number of nitrogens with one attached hydrogen (secondary N) is 3. The number of carboxylic acid groups (broad SMARTS) is 1. The second-order valence-electron chi connectivity index (χ2n) is 8.97. The maximum Gasteiger partial charge on any atom is 0.547 e. The van der Waals surface area contributed by atoms with Crippen LogP contribution >= 0.6 is 0 Å². The van der Waals surface area contributed by atoms with E-state index in [-0.39, 0.29) is 17.2 Å². The Kier molecular flexibility index (Phi) is 8.34. The fourth-order valence-electron chi connectivity index (χ4n) is 4.45. The third kappa shape index (κ3) is 6.69. The lowest BCUT2D eigenvalue weighted by Gasteiger charge is -2.31. The van der Waals surface area contributed by atoms with Crippen molar-refractivity contribution in [3.05, 3.63) is 29.3 Å². The number of carboxylic acids is 1. The maximum atomic E-state index is 12.6. The Morgan fingerprint density at radius 1 is 1.19 bits per heavy atom. The van der Waals surface area contributed by atoms with Crippen molar-refractivity contribution in [1.29, 1.82) is 0 Å². The average Bonchev–Trinajstić information content (AvgIpc) is 2.72. The first-order chi connectivity index (χ1) is 14.8. The Bertz CT molecular complexity index is 768. The van der Waals surface area contributed by atoms with Gasteiger partial charge in [0.05, 0.1) is 11.5 Å². The summed E-state index contributed by atoms with van der Waals surface area (Å²) in [6.07, 6.45) is 4.94. The molecule has 5 N–H and O–H groups in total. The molecule has 0 saturated heterocycles. The summed E-state index contributed by atoms with van der Waals surface area (Å²) in [5.41, 5.74) is 0.695. The molecule has 1 heterocycles. The van der Waals surface area contributed by atoms with Crippen molar-refractivity contribution in [2.24, 2.45) is 5.92 Å². The van der Waals surface area contributed by atoms with E-state index < -0.39 is 19.0 Å². The van der Waals surface area contributed by atoms with Crippen LogP contribution in [0.15, 0.2) is 18.2 Å². The van der Waals surface area contributed by atoms with Crippen molar-refractivity contribution in [2.75, 3.05) is 13.1 Å². The summed E-state index contributed by atoms with van der Waals surface area (Å²) in [5, 5.41) is 29.5. The van der Waals surface area contributed by atoms with Gasteiger partial charge in [0.25, 0.3) is 0 Å². The van der Waals surface area contributed by atoms with Crippen molar-refractivity contribution in [1.82, 2.24) is 16.0 Å². The van der Waals surface area contributed by atoms with Crippen LogP contribution in [0.25, 0.3) is 0 Å². The molecule has 170 valence electrons. The van der Waals surface area contributed by atoms with Crippen LogP contribution in [0.5, 0.6) is 5.75 Å². The lowest BCUT2D eigenvalue weighted by Crippen LogP contribution is -2.53. The first kappa shape index (κ1) is 23.6. The Balaban J connectivity index is 1.42. The molecule has 0 spiro atoms. The van der Waals surface area contributed by atoms with Crippen LogP contribution in [0.3, 0.4) is 0 Å². The largest absolute Gasteiger partial charge is 0.547 e. The zero-order chi connectivity index (χ0) is 22.4. The predicted molar refractivity (Wildman–Crippen MR) is 119 cm³/mol. The highest BCUT2D eigenvalue weighted by Crippen LogP contribution is 2.31. The van der Waals surface area contributed by atoms with Gasteiger partial charge in [-0.1, -0.05) is 26.0 Å². The third-order valence-corrected chi connectivity index (χ3v) is 6.13. The minimum atomic E-state index is -1.27. The van der Waals surface area contributed by atoms with Crippen LogP contribution in [0.2, 0.25) is 0 Å². The topological polar surface area (TPSA) is 120 Å². The molecule has 1 atom stereocenters. The summed E-state index contributed by atoms with van der Waals surface area (Å²) >= 11 is 0. The lowest BCUT2D eigenvalue weighted by atomic mass is 9.72. The molecule has 1 aromatic rings. The molecular weight excluding hydrogens is 397 g/mol. The number of amides is 1. The lowest BCUT2D eigenvalue weighted by molar-refractivity contribution is -0.122. The van der Waals surface area contributed by atoms with Gasteiger partial charge in [0.15, 0.2) is 0 Å². The number of rotatable bonds is 9. The summed E-state index contributed by atoms with van der Waals surface area (Å²) in [4.78, 5) is 23.9. The zero-order valence-corrected chi connectivity index (χ0v) is 18.4. The van der Waals surface area contributed by atoms with Gasteiger partial charge in [-0.3, -0.25) is 4.79 Å². The molecule has 0 aromatic heterocycles. The molecule has 1 saturated carbocycles. The molecule has 2 aliphatic rings. The van der Waals surface area contributed by atoms with E-state index in [1.807, 2.05) is 0 Å². The summed E-state index contributed by atoms with van der Waals surface area (Å²) in [6.45, 7) is 6.20. The third-order valence-electron chi connectivity index (χ3n) is 6.13. The first-order valence-electron chi connectivity index (χ1n) is 11.3. The summed E-state index contributed by atoms with van der Waals surface area (Å²) in [7, 11) is -1.27. The highest BCUT2D eigenvalue weighted by molar-refractivity contribution is 6.47. The van der Waals surface area contributed by atoms with Crippen LogP contribution in [0.4, 0.5) is 0 Å². The van der Waals surface area contributed by atoms with E-state index >= 15 is 0 Å². The van der Waals surface area contributed by atoms with Gasteiger partial charge in [-0.25, -0.2) is 4.79 Å². The van der Waals surface area contributed by atoms with Gasteiger partial charge in [-0.05, 0) is 49.7 Å². The van der Waals surface area contributed by atoms with Gasteiger partial charge >= 0.3 is 13.1 Å². The van der Waals surface area contributed by atoms with Crippen LogP contribution < -0.4 is 20.6 Å². The van der Waals surface area contributed by atoms with Gasteiger partial charge in [-0.15, -0.1) is 0 Å². The number of aromatic carboxylic acids is 1. The second-order valence-corrected chi connectivity index (χ2v) is 8.97. The van der Waals surface area contributed by atoms with E-state index in [9.17, 15) is 19.7 Å². The molecule has 3 rings (SSSR count). The quantitative estimate of drug-likeness (QED) is 0.296. The minimum Gasteiger partial charge on any atom is -0.534 e. The number of para-hydroxylation sites is 1. The van der Waals surface area contributed by atoms with Gasteiger partial charge in [0, 0.05) is 31.6 Å². The second kappa shape index (κ2) is 11.0. The van der Waals surface area contributed by atoms with Crippen molar-refractivity contribution in [2.45, 2.75) is 70.4 Å². The highest BCUT2D eigenvalue weighted by atomic mass is 16.5. The summed E-state index contributed by atoms with van der Waals surface area (Å²) in [5.74, 6) is -1.26. The van der Waals surface area contributed by atoms with E-state index in [4.69, 9.17) is 4.65 Å². The zero-order valence-electron chi connectivity index (χ0n) is 18.4. The number of hydrogen-bond acceptors (Lipinski definition) is 6. The molecule has 9 heteroatoms. The molecule has 1 fully saturated rings. The van der Waals surface area contributed by atoms with Gasteiger partial charge < -0.3 is 30.7 Å². The maximum absolute atomic E-state index is 12.6. The molecule has 1 aliphatic carbocycles. The molecule has 8 nitrogen and oxygen atoms in total. The van der Waals surface area contributed by atoms with Crippen LogP contribution in [0.1, 0.15) is 61.9 Å². The fourth-order valence-corrected chi connectivity index (χ4v) is 4.45. The van der Waals surface area contributed by atoms with Crippen molar-refractivity contribution >= 4 is 19.0 Å². The molecular formula is C22H34BN3O5. The predicted octanol–water partition coefficient (Wildman–Crippen LogP) is 1.36. The van der Waals surface area contributed by atoms with Gasteiger partial charge in [0.2, 0.25) is 5.91 Å². The van der Waals surface area contributed by atoms with Gasteiger partial charge in [-0.2, -0.15) is 0 Å². The first-order valence-corrected chi connectivity index (χ1v) is 11.3. The standard InChI is InChI=1S/C22H34BN3O5/c1-14(2)24-10-11-25-17-8-6-15(7-9-17)12-20(27)26-19-13-16-4-3-5-18(22(28)29)21(16)31-23(19)30/h3-5,14-15,17,19,24-25,30H,6-13H2,1-2H3,(H,26,27)(H,28,29)/t15-,17-,19-/m0/s1. The smallest absolute Gasteiger partial charge is 0.534 e. The SMILES string of the molecule is CC(C)NCCN[C@H]1CC[C@H](CC(=O)N[C@H]2Cc3cccc(C(=O)O)c3OB2O)CC1. The Morgan fingerprint density at radius 2 is 1.94 bits per heavy atom. The van der Waals surface area contributed by atoms with E-state index in [1.165, 1.54) is 6.07 Å². The Hall–Kier alpha value is -2.10. The fraction of sp³-hybridized carbons (Fsp3) is 0.636. The molecule has 0 unspecified atom stereocenters. The number of carbonyl (C=O) groups is 2. The molecule has 1 aromatic carbocycles. The minimum absolute atomic E-state index is 0.0201. The molecule has 1 aliphatic heterocycles. The molecule has 0 bridgehead atoms. The molecule has 1 amide bonds. The number of carbonyl (C=O) groups excluding carboxylic acids is 1. The van der Waals surface area contributed by atoms with E-state index in [2.05, 4.69) is 29.8 Å². The van der Waals surface area contributed by atoms with Crippen LogP contribution in [-0.4, -0.2) is 60.2 Å². The molecule has 0 radical (unpaired) electrons. The van der Waals surface area contributed by atoms with Crippen LogP contribution in [0, 0.1) is 5.92 Å². The van der Waals surface area contributed by atoms with Gasteiger partial charge in [0.1, 0.15) is 5.75 Å². The number of benzene rings is 1. The summed E-state index contributed by atoms with van der Waals surface area (Å²) in [6, 6.07) is 5.86. The normalized spacial score (nSPS) is 23.2. The Morgan fingerprint density at radius 3 is 2.61 bits per heavy atom. The van der Waals surface area contributed by atoms with Crippen LogP contribution in [-0.2, 0) is 11.2 Å².